The van der Waals surface area contributed by atoms with Crippen LogP contribution in [0.15, 0.2) is 12.1 Å². The van der Waals surface area contributed by atoms with Crippen molar-refractivity contribution < 1.29 is 17.9 Å². The summed E-state index contributed by atoms with van der Waals surface area (Å²) in [6, 6.07) is 2.10. The highest BCUT2D eigenvalue weighted by atomic mass is 19.3. The van der Waals surface area contributed by atoms with Crippen LogP contribution in [0.4, 0.5) is 18.9 Å². The molecule has 3 aliphatic rings. The highest BCUT2D eigenvalue weighted by Gasteiger charge is 2.29. The molecule has 172 valence electrons. The molecule has 3 unspecified atom stereocenters. The molecule has 0 aromatic heterocycles. The Morgan fingerprint density at radius 3 is 2.90 bits per heavy atom. The molecule has 0 bridgehead atoms. The lowest BCUT2D eigenvalue weighted by molar-refractivity contribution is 0.0942. The molecule has 0 saturated carbocycles. The van der Waals surface area contributed by atoms with E-state index in [-0.39, 0.29) is 30.9 Å². The van der Waals surface area contributed by atoms with Crippen molar-refractivity contribution in [3.63, 3.8) is 0 Å². The second-order valence-corrected chi connectivity index (χ2v) is 8.57. The van der Waals surface area contributed by atoms with Crippen molar-refractivity contribution in [3.05, 3.63) is 29.1 Å². The summed E-state index contributed by atoms with van der Waals surface area (Å²) in [6.07, 6.45) is 2.34. The third kappa shape index (κ3) is 5.16. The van der Waals surface area contributed by atoms with E-state index in [2.05, 4.69) is 28.2 Å². The Hall–Kier alpha value is -1.81. The van der Waals surface area contributed by atoms with Gasteiger partial charge in [-0.25, -0.2) is 13.2 Å². The van der Waals surface area contributed by atoms with E-state index in [4.69, 9.17) is 4.74 Å². The molecular formula is C22H32F3N5O. The first-order chi connectivity index (χ1) is 14.9. The van der Waals surface area contributed by atoms with Gasteiger partial charge in [-0.15, -0.1) is 0 Å². The van der Waals surface area contributed by atoms with Crippen molar-refractivity contribution in [2.45, 2.75) is 57.5 Å². The van der Waals surface area contributed by atoms with Crippen LogP contribution in [0.5, 0.6) is 5.75 Å². The highest BCUT2D eigenvalue weighted by molar-refractivity contribution is 5.77. The van der Waals surface area contributed by atoms with Crippen molar-refractivity contribution in [1.82, 2.24) is 20.9 Å². The van der Waals surface area contributed by atoms with E-state index in [1.807, 2.05) is 19.2 Å². The van der Waals surface area contributed by atoms with Crippen molar-refractivity contribution in [2.75, 3.05) is 38.6 Å². The van der Waals surface area contributed by atoms with E-state index < -0.39 is 6.43 Å². The van der Waals surface area contributed by atoms with Gasteiger partial charge in [0.1, 0.15) is 12.0 Å². The van der Waals surface area contributed by atoms with Crippen LogP contribution in [0.2, 0.25) is 0 Å². The van der Waals surface area contributed by atoms with E-state index in [1.54, 1.807) is 4.90 Å². The number of halogens is 3. The maximum atomic E-state index is 15.8. The summed E-state index contributed by atoms with van der Waals surface area (Å²) in [7, 11) is 1.90. The van der Waals surface area contributed by atoms with Crippen molar-refractivity contribution >= 4 is 11.3 Å². The number of alkyl halides is 2. The Morgan fingerprint density at radius 1 is 1.29 bits per heavy atom. The van der Waals surface area contributed by atoms with Gasteiger partial charge < -0.3 is 15.4 Å². The number of ether oxygens (including phenoxy) is 1. The molecule has 0 spiro atoms. The van der Waals surface area contributed by atoms with Crippen LogP contribution < -0.4 is 26.0 Å². The van der Waals surface area contributed by atoms with Gasteiger partial charge in [-0.2, -0.15) is 0 Å². The van der Waals surface area contributed by atoms with Crippen LogP contribution >= 0.6 is 0 Å². The van der Waals surface area contributed by atoms with Crippen LogP contribution in [0, 0.1) is 5.82 Å². The molecule has 9 heteroatoms. The molecule has 4 N–H and O–H groups in total. The number of allylic oxidation sites excluding steroid dienone is 1. The molecule has 1 saturated heterocycles. The second-order valence-electron chi connectivity index (χ2n) is 8.57. The number of rotatable bonds is 6. The lowest BCUT2D eigenvalue weighted by atomic mass is 9.96. The SMILES string of the molecule is CNC1CC(C)NC(Nc2cc3c(c(C4=CCN(CC(F)F)CCC4)c2F)OCC3)N1. The standard InChI is InChI=1S/C22H32F3N5O/c1-13-10-18(26-2)29-22(27-13)28-16-11-15-6-9-31-21(15)19(20(16)25)14-4-3-7-30(8-5-14)12-17(23)24/h5,11,13,17-18,22,26-29H,3-4,6-10,12H2,1-2H3. The Bertz CT molecular complexity index is 819. The first-order valence-electron chi connectivity index (χ1n) is 11.1. The molecule has 1 aromatic rings. The summed E-state index contributed by atoms with van der Waals surface area (Å²) in [5, 5.41) is 13.3. The number of hydrogen-bond donors (Lipinski definition) is 4. The molecular weight excluding hydrogens is 407 g/mol. The van der Waals surface area contributed by atoms with Gasteiger partial charge in [0.05, 0.1) is 30.6 Å². The van der Waals surface area contributed by atoms with Gasteiger partial charge >= 0.3 is 0 Å². The molecule has 0 radical (unpaired) electrons. The summed E-state index contributed by atoms with van der Waals surface area (Å²) in [6.45, 7) is 3.32. The molecule has 31 heavy (non-hydrogen) atoms. The summed E-state index contributed by atoms with van der Waals surface area (Å²) >= 11 is 0. The minimum Gasteiger partial charge on any atom is -0.492 e. The molecule has 0 aliphatic carbocycles. The maximum absolute atomic E-state index is 15.8. The van der Waals surface area contributed by atoms with Gasteiger partial charge in [0.15, 0.2) is 5.82 Å². The lowest BCUT2D eigenvalue weighted by Crippen LogP contribution is -2.63. The zero-order valence-corrected chi connectivity index (χ0v) is 18.1. The molecule has 6 nitrogen and oxygen atoms in total. The quantitative estimate of drug-likeness (QED) is 0.547. The molecule has 1 aromatic carbocycles. The Balaban J connectivity index is 1.61. The normalized spacial score (nSPS) is 26.9. The van der Waals surface area contributed by atoms with Crippen LogP contribution in [-0.2, 0) is 6.42 Å². The van der Waals surface area contributed by atoms with Crippen LogP contribution in [0.3, 0.4) is 0 Å². The summed E-state index contributed by atoms with van der Waals surface area (Å²) in [4.78, 5) is 1.72. The van der Waals surface area contributed by atoms with E-state index in [0.29, 0.717) is 49.5 Å². The lowest BCUT2D eigenvalue weighted by Gasteiger charge is -2.37. The average molecular weight is 440 g/mol. The molecule has 3 aliphatic heterocycles. The van der Waals surface area contributed by atoms with Crippen LogP contribution in [0.1, 0.15) is 37.3 Å². The summed E-state index contributed by atoms with van der Waals surface area (Å²) in [5.41, 5.74) is 2.71. The first kappa shape index (κ1) is 22.4. The van der Waals surface area contributed by atoms with Crippen molar-refractivity contribution in [3.8, 4) is 5.75 Å². The zero-order chi connectivity index (χ0) is 22.0. The Morgan fingerprint density at radius 2 is 2.13 bits per heavy atom. The first-order valence-corrected chi connectivity index (χ1v) is 11.1. The number of anilines is 1. The van der Waals surface area contributed by atoms with Crippen molar-refractivity contribution in [2.24, 2.45) is 0 Å². The molecule has 1 fully saturated rings. The zero-order valence-electron chi connectivity index (χ0n) is 18.1. The largest absolute Gasteiger partial charge is 0.492 e. The number of benzene rings is 1. The number of nitrogens with zero attached hydrogens (tertiary/aromatic N) is 1. The van der Waals surface area contributed by atoms with Gasteiger partial charge in [0, 0.05) is 24.6 Å². The predicted octanol–water partition coefficient (Wildman–Crippen LogP) is 2.72. The van der Waals surface area contributed by atoms with Gasteiger partial charge in [-0.1, -0.05) is 6.08 Å². The maximum Gasteiger partial charge on any atom is 0.251 e. The molecule has 0 amide bonds. The summed E-state index contributed by atoms with van der Waals surface area (Å²) in [5.74, 6) is 0.250. The predicted molar refractivity (Wildman–Crippen MR) is 116 cm³/mol. The number of nitrogens with one attached hydrogen (secondary N) is 4. The highest BCUT2D eigenvalue weighted by Crippen LogP contribution is 2.41. The third-order valence-electron chi connectivity index (χ3n) is 6.20. The molecule has 3 atom stereocenters. The van der Waals surface area contributed by atoms with Gasteiger partial charge in [0.25, 0.3) is 6.43 Å². The van der Waals surface area contributed by atoms with Crippen LogP contribution in [0.25, 0.3) is 5.57 Å². The van der Waals surface area contributed by atoms with E-state index in [9.17, 15) is 8.78 Å². The Labute approximate surface area is 181 Å². The van der Waals surface area contributed by atoms with Crippen molar-refractivity contribution in [1.29, 1.82) is 0 Å². The minimum atomic E-state index is -2.37. The fraction of sp³-hybridized carbons (Fsp3) is 0.636. The monoisotopic (exact) mass is 439 g/mol. The average Bonchev–Trinajstić information content (AvgIpc) is 3.06. The van der Waals surface area contributed by atoms with Crippen LogP contribution in [-0.4, -0.2) is 63.1 Å². The van der Waals surface area contributed by atoms with E-state index in [1.165, 1.54) is 0 Å². The van der Waals surface area contributed by atoms with Gasteiger partial charge in [0.2, 0.25) is 0 Å². The topological polar surface area (TPSA) is 60.6 Å². The fourth-order valence-electron chi connectivity index (χ4n) is 4.68. The molecule has 3 heterocycles. The second kappa shape index (κ2) is 9.77. The Kier molecular flexibility index (Phi) is 7.05. The summed E-state index contributed by atoms with van der Waals surface area (Å²) < 4.78 is 47.2. The van der Waals surface area contributed by atoms with Gasteiger partial charge in [-0.3, -0.25) is 15.5 Å². The number of fused-ring (bicyclic) bond motifs is 1. The smallest absolute Gasteiger partial charge is 0.251 e. The number of hydrogen-bond acceptors (Lipinski definition) is 6. The molecule has 4 rings (SSSR count). The van der Waals surface area contributed by atoms with E-state index >= 15 is 4.39 Å². The van der Waals surface area contributed by atoms with E-state index in [0.717, 1.165) is 24.0 Å². The minimum absolute atomic E-state index is 0.124. The van der Waals surface area contributed by atoms with Gasteiger partial charge in [-0.05, 0) is 51.4 Å². The third-order valence-corrected chi connectivity index (χ3v) is 6.20. The fourth-order valence-corrected chi connectivity index (χ4v) is 4.68.